The zero-order valence-electron chi connectivity index (χ0n) is 7.03. The predicted molar refractivity (Wildman–Crippen MR) is 45.2 cm³/mol. The van der Waals surface area contributed by atoms with Gasteiger partial charge >= 0.3 is 13.8 Å². The fourth-order valence-electron chi connectivity index (χ4n) is 0.860. The van der Waals surface area contributed by atoms with Crippen LogP contribution in [-0.4, -0.2) is 26.4 Å². The van der Waals surface area contributed by atoms with Crippen molar-refractivity contribution >= 4 is 13.8 Å². The second-order valence-corrected chi connectivity index (χ2v) is 3.57. The van der Waals surface area contributed by atoms with Gasteiger partial charge in [0.25, 0.3) is 0 Å². The first-order valence-electron chi connectivity index (χ1n) is 3.66. The molecule has 3 N–H and O–H groups in total. The number of carboxylic acids is 1. The Labute approximate surface area is 79.4 Å². The molecule has 1 aromatic heterocycles. The van der Waals surface area contributed by atoms with Crippen molar-refractivity contribution < 1.29 is 19.0 Å². The van der Waals surface area contributed by atoms with Crippen molar-refractivity contribution in [2.45, 2.75) is 12.5 Å². The fraction of sp³-hybridized carbons (Fsp3) is 0.333. The van der Waals surface area contributed by atoms with Gasteiger partial charge in [-0.1, -0.05) is 0 Å². The first-order chi connectivity index (χ1) is 6.50. The van der Waals surface area contributed by atoms with Gasteiger partial charge in [0.1, 0.15) is 12.4 Å². The van der Waals surface area contributed by atoms with Crippen LogP contribution in [0.15, 0.2) is 12.5 Å². The van der Waals surface area contributed by atoms with E-state index in [1.807, 2.05) is 0 Å². The summed E-state index contributed by atoms with van der Waals surface area (Å²) in [4.78, 5) is 14.1. The SMILES string of the molecule is NC(Cc1cn(P(=O)=O)cn1)C(=O)O. The average molecular weight is 217 g/mol. The normalized spacial score (nSPS) is 12.4. The van der Waals surface area contributed by atoms with Gasteiger partial charge in [0.15, 0.2) is 0 Å². The van der Waals surface area contributed by atoms with Gasteiger partial charge < -0.3 is 10.8 Å². The Morgan fingerprint density at radius 1 is 1.71 bits per heavy atom. The van der Waals surface area contributed by atoms with Crippen molar-refractivity contribution in [2.75, 3.05) is 0 Å². The van der Waals surface area contributed by atoms with Crippen LogP contribution in [-0.2, 0) is 20.3 Å². The third kappa shape index (κ3) is 2.51. The highest BCUT2D eigenvalue weighted by atomic mass is 31.1. The smallest absolute Gasteiger partial charge is 0.431 e. The molecule has 0 fully saturated rings. The number of aromatic nitrogens is 2. The molecule has 0 amide bonds. The molecule has 1 heterocycles. The number of rotatable bonds is 4. The largest absolute Gasteiger partial charge is 0.480 e. The van der Waals surface area contributed by atoms with Crippen LogP contribution in [0.5, 0.6) is 0 Å². The summed E-state index contributed by atoms with van der Waals surface area (Å²) in [6, 6.07) is -1.07. The zero-order chi connectivity index (χ0) is 10.7. The van der Waals surface area contributed by atoms with E-state index in [0.29, 0.717) is 5.69 Å². The molecule has 0 saturated heterocycles. The Bertz CT molecular complexity index is 403. The van der Waals surface area contributed by atoms with Gasteiger partial charge in [-0.15, -0.1) is 0 Å². The first kappa shape index (κ1) is 10.6. The van der Waals surface area contributed by atoms with Crippen LogP contribution in [0, 0.1) is 0 Å². The molecule has 0 aliphatic carbocycles. The van der Waals surface area contributed by atoms with Gasteiger partial charge in [-0.2, -0.15) is 0 Å². The van der Waals surface area contributed by atoms with Gasteiger partial charge in [-0.05, 0) is 0 Å². The number of aliphatic carboxylic acids is 1. The molecule has 7 nitrogen and oxygen atoms in total. The summed E-state index contributed by atoms with van der Waals surface area (Å²) >= 11 is 0. The van der Waals surface area contributed by atoms with Crippen LogP contribution < -0.4 is 5.73 Å². The van der Waals surface area contributed by atoms with E-state index in [1.54, 1.807) is 0 Å². The van der Waals surface area contributed by atoms with E-state index in [2.05, 4.69) is 4.98 Å². The molecule has 1 aromatic rings. The molecule has 14 heavy (non-hydrogen) atoms. The molecule has 0 aliphatic rings. The summed E-state index contributed by atoms with van der Waals surface area (Å²) in [5.41, 5.74) is 5.57. The number of hydrogen-bond donors (Lipinski definition) is 2. The summed E-state index contributed by atoms with van der Waals surface area (Å²) in [5, 5.41) is 8.48. The van der Waals surface area contributed by atoms with Crippen molar-refractivity contribution in [1.29, 1.82) is 0 Å². The van der Waals surface area contributed by atoms with Crippen LogP contribution in [0.2, 0.25) is 0 Å². The number of nitrogens with two attached hydrogens (primary N) is 1. The summed E-state index contributed by atoms with van der Waals surface area (Å²) in [6.45, 7) is 0. The quantitative estimate of drug-likeness (QED) is 0.673. The highest BCUT2D eigenvalue weighted by Gasteiger charge is 2.14. The molecule has 76 valence electrons. The summed E-state index contributed by atoms with van der Waals surface area (Å²) in [5.74, 6) is -1.15. The van der Waals surface area contributed by atoms with Crippen molar-refractivity contribution in [1.82, 2.24) is 9.32 Å². The second-order valence-electron chi connectivity index (χ2n) is 2.63. The molecule has 0 saturated carbocycles. The average Bonchev–Trinajstić information content (AvgIpc) is 2.52. The molecule has 0 aliphatic heterocycles. The van der Waals surface area contributed by atoms with Crippen molar-refractivity contribution in [3.8, 4) is 0 Å². The number of carbonyl (C=O) groups is 1. The molecule has 8 heteroatoms. The molecule has 0 aromatic carbocycles. The van der Waals surface area contributed by atoms with Crippen molar-refractivity contribution in [3.05, 3.63) is 18.2 Å². The highest BCUT2D eigenvalue weighted by molar-refractivity contribution is 7.28. The molecule has 1 atom stereocenters. The lowest BCUT2D eigenvalue weighted by atomic mass is 10.2. The lowest BCUT2D eigenvalue weighted by Gasteiger charge is -2.01. The summed E-state index contributed by atoms with van der Waals surface area (Å²) in [7, 11) is -2.75. The molecule has 1 rings (SSSR count). The van der Waals surface area contributed by atoms with Crippen LogP contribution in [0.25, 0.3) is 0 Å². The van der Waals surface area contributed by atoms with E-state index in [0.717, 1.165) is 10.7 Å². The molecule has 0 radical (unpaired) electrons. The van der Waals surface area contributed by atoms with Gasteiger partial charge in [0, 0.05) is 12.6 Å². The van der Waals surface area contributed by atoms with E-state index in [1.165, 1.54) is 6.20 Å². The van der Waals surface area contributed by atoms with Crippen molar-refractivity contribution in [3.63, 3.8) is 0 Å². The lowest BCUT2D eigenvalue weighted by Crippen LogP contribution is -2.32. The Balaban J connectivity index is 2.73. The molecule has 1 unspecified atom stereocenters. The minimum atomic E-state index is -2.75. The maximum Gasteiger partial charge on any atom is 0.431 e. The summed E-state index contributed by atoms with van der Waals surface area (Å²) in [6.07, 6.45) is 2.33. The van der Waals surface area contributed by atoms with Crippen LogP contribution >= 0.6 is 7.83 Å². The van der Waals surface area contributed by atoms with Gasteiger partial charge in [-0.25, -0.2) is 18.5 Å². The minimum Gasteiger partial charge on any atom is -0.480 e. The Morgan fingerprint density at radius 3 is 2.79 bits per heavy atom. The van der Waals surface area contributed by atoms with E-state index in [-0.39, 0.29) is 6.42 Å². The van der Waals surface area contributed by atoms with Crippen LogP contribution in [0.4, 0.5) is 0 Å². The fourth-order valence-corrected chi connectivity index (χ4v) is 1.22. The molecular weight excluding hydrogens is 209 g/mol. The molecule has 0 bridgehead atoms. The van der Waals surface area contributed by atoms with Crippen LogP contribution in [0.3, 0.4) is 0 Å². The molecular formula is C6H8N3O4P. The van der Waals surface area contributed by atoms with E-state index >= 15 is 0 Å². The van der Waals surface area contributed by atoms with Gasteiger partial charge in [-0.3, -0.25) is 4.79 Å². The van der Waals surface area contributed by atoms with E-state index in [4.69, 9.17) is 10.8 Å². The minimum absolute atomic E-state index is 0.00546. The van der Waals surface area contributed by atoms with Crippen molar-refractivity contribution in [2.24, 2.45) is 5.73 Å². The maximum atomic E-state index is 10.4. The lowest BCUT2D eigenvalue weighted by molar-refractivity contribution is -0.138. The number of carboxylic acid groups (broad SMARTS) is 1. The van der Waals surface area contributed by atoms with Gasteiger partial charge in [0.05, 0.1) is 5.69 Å². The Morgan fingerprint density at radius 2 is 2.36 bits per heavy atom. The maximum absolute atomic E-state index is 10.4. The van der Waals surface area contributed by atoms with Crippen LogP contribution in [0.1, 0.15) is 5.69 Å². The number of nitrogens with zero attached hydrogens (tertiary/aromatic N) is 2. The Hall–Kier alpha value is -1.46. The summed E-state index contributed by atoms with van der Waals surface area (Å²) < 4.78 is 21.8. The third-order valence-electron chi connectivity index (χ3n) is 1.56. The monoisotopic (exact) mass is 217 g/mol. The number of imidazole rings is 1. The number of hydrogen-bond acceptors (Lipinski definition) is 5. The third-order valence-corrected chi connectivity index (χ3v) is 2.15. The predicted octanol–water partition coefficient (Wildman–Crippen LogP) is -0.226. The van der Waals surface area contributed by atoms with Gasteiger partial charge in [0.2, 0.25) is 0 Å². The zero-order valence-corrected chi connectivity index (χ0v) is 7.92. The molecule has 0 spiro atoms. The second kappa shape index (κ2) is 4.17. The van der Waals surface area contributed by atoms with E-state index in [9.17, 15) is 13.9 Å². The van der Waals surface area contributed by atoms with E-state index < -0.39 is 19.8 Å². The topological polar surface area (TPSA) is 115 Å². The Kier molecular flexibility index (Phi) is 3.16. The first-order valence-corrected chi connectivity index (χ1v) is 4.79. The highest BCUT2D eigenvalue weighted by Crippen LogP contribution is 2.10. The standard InChI is InChI=1S/C6H8N3O4P/c7-5(6(10)11)1-4-2-9(3-8-4)14(12)13/h2-3,5H,1,7H2,(H,10,11).